The van der Waals surface area contributed by atoms with Crippen LogP contribution in [0.5, 0.6) is 0 Å². The second-order valence-electron chi connectivity index (χ2n) is 6.18. The zero-order chi connectivity index (χ0) is 18.1. The van der Waals surface area contributed by atoms with Crippen LogP contribution in [-0.4, -0.2) is 32.7 Å². The van der Waals surface area contributed by atoms with Gasteiger partial charge < -0.3 is 9.47 Å². The van der Waals surface area contributed by atoms with Gasteiger partial charge in [-0.3, -0.25) is 4.79 Å². The molecule has 0 saturated heterocycles. The van der Waals surface area contributed by atoms with E-state index in [-0.39, 0.29) is 17.6 Å². The molecule has 0 saturated carbocycles. The number of benzene rings is 2. The molecular weight excluding hydrogens is 356 g/mol. The number of hydrogen-bond donors (Lipinski definition) is 0. The average Bonchev–Trinajstić information content (AvgIpc) is 2.98. The zero-order valence-corrected chi connectivity index (χ0v) is 14.8. The van der Waals surface area contributed by atoms with Crippen molar-refractivity contribution in [3.63, 3.8) is 0 Å². The summed E-state index contributed by atoms with van der Waals surface area (Å²) in [6, 6.07) is 15.3. The van der Waals surface area contributed by atoms with Gasteiger partial charge in [0.25, 0.3) is 5.76 Å². The molecule has 2 heterocycles. The van der Waals surface area contributed by atoms with Crippen molar-refractivity contribution in [2.75, 3.05) is 6.54 Å². The van der Waals surface area contributed by atoms with Gasteiger partial charge in [-0.2, -0.15) is 8.78 Å². The van der Waals surface area contributed by atoms with Crippen molar-refractivity contribution in [3.8, 4) is 0 Å². The molecule has 7 heteroatoms. The Balaban J connectivity index is 1.60. The van der Waals surface area contributed by atoms with Crippen LogP contribution < -0.4 is 0 Å². The van der Waals surface area contributed by atoms with Gasteiger partial charge in [-0.05, 0) is 41.4 Å². The molecule has 0 atom stereocenters. The normalized spacial score (nSPS) is 14.0. The fourth-order valence-corrected chi connectivity index (χ4v) is 3.92. The van der Waals surface area contributed by atoms with Crippen LogP contribution in [0.15, 0.2) is 53.7 Å². The molecule has 3 aromatic rings. The number of carbonyl (C=O) groups is 1. The first-order valence-corrected chi connectivity index (χ1v) is 9.24. The van der Waals surface area contributed by atoms with Gasteiger partial charge in [0, 0.05) is 13.1 Å². The lowest BCUT2D eigenvalue weighted by atomic mass is 10.00. The molecule has 0 aliphatic carbocycles. The number of carbonyl (C=O) groups excluding carboxylic acids is 1. The van der Waals surface area contributed by atoms with Gasteiger partial charge in [0.15, 0.2) is 5.16 Å². The molecule has 1 amide bonds. The molecule has 0 bridgehead atoms. The molecule has 26 heavy (non-hydrogen) atoms. The Morgan fingerprint density at radius 3 is 2.65 bits per heavy atom. The maximum Gasteiger partial charge on any atom is 0.291 e. The van der Waals surface area contributed by atoms with Crippen molar-refractivity contribution < 1.29 is 13.6 Å². The number of imidazole rings is 1. The van der Waals surface area contributed by atoms with E-state index in [0.717, 1.165) is 12.0 Å². The Morgan fingerprint density at radius 1 is 1.12 bits per heavy atom. The fraction of sp³-hybridized carbons (Fsp3) is 0.263. The maximum atomic E-state index is 12.9. The van der Waals surface area contributed by atoms with Crippen LogP contribution >= 0.6 is 11.8 Å². The third-order valence-corrected chi connectivity index (χ3v) is 5.29. The predicted molar refractivity (Wildman–Crippen MR) is 97.2 cm³/mol. The van der Waals surface area contributed by atoms with Gasteiger partial charge in [0.1, 0.15) is 6.54 Å². The second kappa shape index (κ2) is 7.07. The topological polar surface area (TPSA) is 38.1 Å². The number of halogens is 2. The van der Waals surface area contributed by atoms with E-state index in [1.165, 1.54) is 5.56 Å². The van der Waals surface area contributed by atoms with Crippen LogP contribution in [0.1, 0.15) is 11.1 Å². The summed E-state index contributed by atoms with van der Waals surface area (Å²) >= 11 is 0.376. The van der Waals surface area contributed by atoms with E-state index in [1.807, 2.05) is 24.3 Å². The van der Waals surface area contributed by atoms with Crippen molar-refractivity contribution in [2.24, 2.45) is 0 Å². The van der Waals surface area contributed by atoms with E-state index in [9.17, 15) is 13.6 Å². The third-order valence-electron chi connectivity index (χ3n) is 4.59. The van der Waals surface area contributed by atoms with E-state index in [0.29, 0.717) is 35.9 Å². The molecule has 0 N–H and O–H groups in total. The Bertz CT molecular complexity index is 957. The number of amides is 1. The molecule has 1 aromatic heterocycles. The summed E-state index contributed by atoms with van der Waals surface area (Å²) in [6.45, 7) is 1.20. The lowest BCUT2D eigenvalue weighted by molar-refractivity contribution is -0.132. The quantitative estimate of drug-likeness (QED) is 0.650. The molecule has 1 aliphatic rings. The number of para-hydroxylation sites is 2. The number of thioether (sulfide) groups is 1. The summed E-state index contributed by atoms with van der Waals surface area (Å²) in [7, 11) is 0. The lowest BCUT2D eigenvalue weighted by Gasteiger charge is -2.29. The molecule has 4 rings (SSSR count). The number of fused-ring (bicyclic) bond motifs is 2. The molecule has 2 aromatic carbocycles. The van der Waals surface area contributed by atoms with Gasteiger partial charge in [0.2, 0.25) is 5.91 Å². The summed E-state index contributed by atoms with van der Waals surface area (Å²) in [5.41, 5.74) is 3.72. The van der Waals surface area contributed by atoms with Crippen LogP contribution in [0.4, 0.5) is 8.78 Å². The molecule has 0 spiro atoms. The largest absolute Gasteiger partial charge is 0.336 e. The summed E-state index contributed by atoms with van der Waals surface area (Å²) in [4.78, 5) is 18.9. The highest BCUT2D eigenvalue weighted by Gasteiger charge is 2.23. The molecule has 4 nitrogen and oxygen atoms in total. The lowest BCUT2D eigenvalue weighted by Crippen LogP contribution is -2.38. The second-order valence-corrected chi connectivity index (χ2v) is 7.14. The maximum absolute atomic E-state index is 12.9. The van der Waals surface area contributed by atoms with Crippen molar-refractivity contribution in [1.82, 2.24) is 14.5 Å². The van der Waals surface area contributed by atoms with Crippen molar-refractivity contribution in [1.29, 1.82) is 0 Å². The van der Waals surface area contributed by atoms with Gasteiger partial charge in [-0.1, -0.05) is 36.4 Å². The standard InChI is InChI=1S/C19H17F2N3OS/c20-18(21)26-19-22-15-7-3-4-8-16(15)24(19)12-17(25)23-10-9-13-5-1-2-6-14(13)11-23/h1-8,18H,9-12H2. The minimum atomic E-state index is -2.58. The molecule has 0 fully saturated rings. The first-order chi connectivity index (χ1) is 12.6. The molecule has 0 unspecified atom stereocenters. The van der Waals surface area contributed by atoms with Gasteiger partial charge in [-0.25, -0.2) is 4.98 Å². The van der Waals surface area contributed by atoms with E-state index in [1.54, 1.807) is 27.7 Å². The monoisotopic (exact) mass is 373 g/mol. The number of rotatable bonds is 4. The first-order valence-electron chi connectivity index (χ1n) is 8.36. The minimum absolute atomic E-state index is 0.0116. The third kappa shape index (κ3) is 3.31. The Labute approximate surface area is 153 Å². The van der Waals surface area contributed by atoms with E-state index >= 15 is 0 Å². The Hall–Kier alpha value is -2.41. The van der Waals surface area contributed by atoms with Crippen LogP contribution in [0.2, 0.25) is 0 Å². The highest BCUT2D eigenvalue weighted by atomic mass is 32.2. The smallest absolute Gasteiger partial charge is 0.291 e. The number of alkyl halides is 2. The van der Waals surface area contributed by atoms with Crippen LogP contribution in [0.3, 0.4) is 0 Å². The van der Waals surface area contributed by atoms with Crippen molar-refractivity contribution >= 4 is 28.7 Å². The average molecular weight is 373 g/mol. The van der Waals surface area contributed by atoms with Gasteiger partial charge >= 0.3 is 0 Å². The summed E-state index contributed by atoms with van der Waals surface area (Å²) in [5.74, 6) is -2.67. The van der Waals surface area contributed by atoms with Crippen LogP contribution in [0.25, 0.3) is 11.0 Å². The number of nitrogens with zero attached hydrogens (tertiary/aromatic N) is 3. The van der Waals surface area contributed by atoms with Gasteiger partial charge in [0.05, 0.1) is 11.0 Å². The number of hydrogen-bond acceptors (Lipinski definition) is 3. The zero-order valence-electron chi connectivity index (χ0n) is 13.9. The van der Waals surface area contributed by atoms with Crippen molar-refractivity contribution in [2.45, 2.75) is 30.4 Å². The summed E-state index contributed by atoms with van der Waals surface area (Å²) in [5, 5.41) is 0.173. The fourth-order valence-electron chi connectivity index (χ4n) is 3.32. The first kappa shape index (κ1) is 17.0. The Kier molecular flexibility index (Phi) is 4.63. The molecule has 0 radical (unpaired) electrons. The molecular formula is C19H17F2N3OS. The predicted octanol–water partition coefficient (Wildman–Crippen LogP) is 3.94. The van der Waals surface area contributed by atoms with E-state index in [4.69, 9.17) is 0 Å². The van der Waals surface area contributed by atoms with E-state index in [2.05, 4.69) is 11.1 Å². The van der Waals surface area contributed by atoms with E-state index < -0.39 is 5.76 Å². The molecule has 1 aliphatic heterocycles. The highest BCUT2D eigenvalue weighted by molar-refractivity contribution is 7.99. The number of aromatic nitrogens is 2. The minimum Gasteiger partial charge on any atom is -0.336 e. The SMILES string of the molecule is O=C(Cn1c(SC(F)F)nc2ccccc21)N1CCc2ccccc2C1. The van der Waals surface area contributed by atoms with Crippen molar-refractivity contribution in [3.05, 3.63) is 59.7 Å². The summed E-state index contributed by atoms with van der Waals surface area (Å²) < 4.78 is 27.4. The van der Waals surface area contributed by atoms with Crippen LogP contribution in [-0.2, 0) is 24.3 Å². The van der Waals surface area contributed by atoms with Gasteiger partial charge in [-0.15, -0.1) is 0 Å². The Morgan fingerprint density at radius 2 is 1.85 bits per heavy atom. The molecule has 134 valence electrons. The van der Waals surface area contributed by atoms with Crippen LogP contribution in [0, 0.1) is 0 Å². The highest BCUT2D eigenvalue weighted by Crippen LogP contribution is 2.29. The summed E-state index contributed by atoms with van der Waals surface area (Å²) in [6.07, 6.45) is 0.811.